The van der Waals surface area contributed by atoms with E-state index in [4.69, 9.17) is 11.6 Å². The normalized spacial score (nSPS) is 10.7. The summed E-state index contributed by atoms with van der Waals surface area (Å²) in [4.78, 5) is 3.89. The first-order valence-corrected chi connectivity index (χ1v) is 6.68. The lowest BCUT2D eigenvalue weighted by Gasteiger charge is -2.11. The fourth-order valence-corrected chi connectivity index (χ4v) is 2.14. The number of nitrogens with one attached hydrogen (secondary N) is 1. The third-order valence-electron chi connectivity index (χ3n) is 2.83. The van der Waals surface area contributed by atoms with Gasteiger partial charge in [0.2, 0.25) is 0 Å². The molecule has 0 saturated heterocycles. The van der Waals surface area contributed by atoms with Crippen LogP contribution in [0.1, 0.15) is 18.9 Å². The average molecular weight is 279 g/mol. The molecular weight excluding hydrogens is 263 g/mol. The van der Waals surface area contributed by atoms with Crippen LogP contribution in [0.4, 0.5) is 4.39 Å². The zero-order valence-electron chi connectivity index (χ0n) is 10.8. The first kappa shape index (κ1) is 14.0. The van der Waals surface area contributed by atoms with Crippen LogP contribution in [0.2, 0.25) is 5.02 Å². The number of rotatable bonds is 5. The minimum Gasteiger partial charge on any atom is -0.313 e. The maximum atomic E-state index is 13.3. The molecule has 0 saturated carbocycles. The van der Waals surface area contributed by atoms with Gasteiger partial charge in [-0.05, 0) is 42.3 Å². The van der Waals surface area contributed by atoms with Gasteiger partial charge < -0.3 is 5.32 Å². The number of aromatic nitrogens is 1. The maximum Gasteiger partial charge on any atom is 0.142 e. The second-order valence-corrected chi connectivity index (χ2v) is 4.81. The van der Waals surface area contributed by atoms with Crippen LogP contribution in [-0.4, -0.2) is 11.5 Å². The molecule has 1 heterocycles. The molecule has 0 fully saturated rings. The minimum atomic E-state index is -0.333. The molecule has 1 aromatic carbocycles. The van der Waals surface area contributed by atoms with Gasteiger partial charge in [0, 0.05) is 23.3 Å². The van der Waals surface area contributed by atoms with Gasteiger partial charge in [0.05, 0.1) is 6.20 Å². The van der Waals surface area contributed by atoms with Crippen LogP contribution in [-0.2, 0) is 6.54 Å². The van der Waals surface area contributed by atoms with Crippen molar-refractivity contribution in [3.8, 4) is 11.1 Å². The van der Waals surface area contributed by atoms with E-state index in [2.05, 4.69) is 17.2 Å². The first-order valence-electron chi connectivity index (χ1n) is 6.30. The molecule has 0 aliphatic rings. The summed E-state index contributed by atoms with van der Waals surface area (Å²) in [5.41, 5.74) is 2.78. The van der Waals surface area contributed by atoms with E-state index in [0.29, 0.717) is 11.6 Å². The molecule has 0 spiro atoms. The van der Waals surface area contributed by atoms with Gasteiger partial charge in [-0.25, -0.2) is 4.39 Å². The summed E-state index contributed by atoms with van der Waals surface area (Å²) in [6.07, 6.45) is 3.93. The Hall–Kier alpha value is -1.45. The zero-order valence-corrected chi connectivity index (χ0v) is 11.5. The number of nitrogens with zero attached hydrogens (tertiary/aromatic N) is 1. The molecule has 19 heavy (non-hydrogen) atoms. The summed E-state index contributed by atoms with van der Waals surface area (Å²) in [5, 5.41) is 4.01. The van der Waals surface area contributed by atoms with Gasteiger partial charge in [-0.15, -0.1) is 0 Å². The van der Waals surface area contributed by atoms with Crippen LogP contribution in [0.3, 0.4) is 0 Å². The van der Waals surface area contributed by atoms with E-state index in [0.717, 1.165) is 29.7 Å². The molecule has 4 heteroatoms. The standard InChI is InChI=1S/C15H16ClFN2/c1-2-5-18-8-11-6-13(16)3-4-15(11)12-7-14(17)10-19-9-12/h3-4,6-7,9-10,18H,2,5,8H2,1H3. The minimum absolute atomic E-state index is 0.333. The van der Waals surface area contributed by atoms with Gasteiger partial charge in [0.1, 0.15) is 5.82 Å². The van der Waals surface area contributed by atoms with E-state index in [1.54, 1.807) is 6.20 Å². The Labute approximate surface area is 117 Å². The highest BCUT2D eigenvalue weighted by Gasteiger charge is 2.07. The monoisotopic (exact) mass is 278 g/mol. The van der Waals surface area contributed by atoms with Gasteiger partial charge in [-0.1, -0.05) is 24.6 Å². The van der Waals surface area contributed by atoms with E-state index in [-0.39, 0.29) is 5.82 Å². The summed E-state index contributed by atoms with van der Waals surface area (Å²) in [5.74, 6) is -0.333. The Bertz CT molecular complexity index is 558. The second-order valence-electron chi connectivity index (χ2n) is 4.37. The van der Waals surface area contributed by atoms with E-state index in [1.165, 1.54) is 12.3 Å². The largest absolute Gasteiger partial charge is 0.313 e. The molecular formula is C15H16ClFN2. The summed E-state index contributed by atoms with van der Waals surface area (Å²) in [6.45, 7) is 3.76. The first-order chi connectivity index (χ1) is 9.20. The van der Waals surface area contributed by atoms with Gasteiger partial charge in [-0.3, -0.25) is 4.98 Å². The van der Waals surface area contributed by atoms with Crippen molar-refractivity contribution in [2.75, 3.05) is 6.54 Å². The average Bonchev–Trinajstić information content (AvgIpc) is 2.39. The number of hydrogen-bond acceptors (Lipinski definition) is 2. The molecule has 1 aromatic heterocycles. The van der Waals surface area contributed by atoms with Crippen LogP contribution in [0.25, 0.3) is 11.1 Å². The number of halogens is 2. The molecule has 100 valence electrons. The molecule has 0 bridgehead atoms. The Balaban J connectivity index is 2.33. The Morgan fingerprint density at radius 2 is 2.11 bits per heavy atom. The van der Waals surface area contributed by atoms with Crippen molar-refractivity contribution in [3.05, 3.63) is 53.1 Å². The predicted molar refractivity (Wildman–Crippen MR) is 76.6 cm³/mol. The Morgan fingerprint density at radius 1 is 1.26 bits per heavy atom. The van der Waals surface area contributed by atoms with Crippen LogP contribution in [0.5, 0.6) is 0 Å². The van der Waals surface area contributed by atoms with Crippen molar-refractivity contribution in [2.24, 2.45) is 0 Å². The topological polar surface area (TPSA) is 24.9 Å². The molecule has 0 aliphatic carbocycles. The van der Waals surface area contributed by atoms with Crippen molar-refractivity contribution in [3.63, 3.8) is 0 Å². The molecule has 2 rings (SSSR count). The predicted octanol–water partition coefficient (Wildman–Crippen LogP) is 4.04. The molecule has 2 nitrogen and oxygen atoms in total. The van der Waals surface area contributed by atoms with Crippen molar-refractivity contribution in [2.45, 2.75) is 19.9 Å². The highest BCUT2D eigenvalue weighted by atomic mass is 35.5. The SMILES string of the molecule is CCCNCc1cc(Cl)ccc1-c1cncc(F)c1. The number of hydrogen-bond donors (Lipinski definition) is 1. The second kappa shape index (κ2) is 6.64. The zero-order chi connectivity index (χ0) is 13.7. The Kier molecular flexibility index (Phi) is 4.88. The third kappa shape index (κ3) is 3.75. The molecule has 0 aliphatic heterocycles. The molecule has 1 N–H and O–H groups in total. The van der Waals surface area contributed by atoms with Crippen LogP contribution >= 0.6 is 11.6 Å². The van der Waals surface area contributed by atoms with E-state index in [1.807, 2.05) is 18.2 Å². The number of benzene rings is 1. The van der Waals surface area contributed by atoms with Crippen molar-refractivity contribution in [1.82, 2.24) is 10.3 Å². The Morgan fingerprint density at radius 3 is 2.84 bits per heavy atom. The van der Waals surface area contributed by atoms with Crippen molar-refractivity contribution < 1.29 is 4.39 Å². The summed E-state index contributed by atoms with van der Waals surface area (Å²) in [7, 11) is 0. The molecule has 0 atom stereocenters. The molecule has 0 radical (unpaired) electrons. The fraction of sp³-hybridized carbons (Fsp3) is 0.267. The molecule has 0 amide bonds. The lowest BCUT2D eigenvalue weighted by Crippen LogP contribution is -2.14. The van der Waals surface area contributed by atoms with Gasteiger partial charge in [0.25, 0.3) is 0 Å². The molecule has 2 aromatic rings. The van der Waals surface area contributed by atoms with Gasteiger partial charge in [-0.2, -0.15) is 0 Å². The third-order valence-corrected chi connectivity index (χ3v) is 3.06. The smallest absolute Gasteiger partial charge is 0.142 e. The van der Waals surface area contributed by atoms with Crippen LogP contribution in [0, 0.1) is 5.82 Å². The maximum absolute atomic E-state index is 13.3. The van der Waals surface area contributed by atoms with E-state index < -0.39 is 0 Å². The highest BCUT2D eigenvalue weighted by molar-refractivity contribution is 6.30. The number of pyridine rings is 1. The summed E-state index contributed by atoms with van der Waals surface area (Å²) < 4.78 is 13.3. The molecule has 0 unspecified atom stereocenters. The van der Waals surface area contributed by atoms with Gasteiger partial charge >= 0.3 is 0 Å². The lowest BCUT2D eigenvalue weighted by molar-refractivity contribution is 0.622. The summed E-state index contributed by atoms with van der Waals surface area (Å²) in [6, 6.07) is 7.11. The van der Waals surface area contributed by atoms with Crippen molar-refractivity contribution >= 4 is 11.6 Å². The van der Waals surface area contributed by atoms with E-state index >= 15 is 0 Å². The quantitative estimate of drug-likeness (QED) is 0.835. The van der Waals surface area contributed by atoms with Crippen LogP contribution in [0.15, 0.2) is 36.7 Å². The van der Waals surface area contributed by atoms with Crippen molar-refractivity contribution in [1.29, 1.82) is 0 Å². The summed E-state index contributed by atoms with van der Waals surface area (Å²) >= 11 is 6.03. The van der Waals surface area contributed by atoms with Gasteiger partial charge in [0.15, 0.2) is 0 Å². The highest BCUT2D eigenvalue weighted by Crippen LogP contribution is 2.26. The fourth-order valence-electron chi connectivity index (χ4n) is 1.95. The van der Waals surface area contributed by atoms with Crippen LogP contribution < -0.4 is 5.32 Å². The van der Waals surface area contributed by atoms with E-state index in [9.17, 15) is 4.39 Å². The lowest BCUT2D eigenvalue weighted by atomic mass is 10.0.